The summed E-state index contributed by atoms with van der Waals surface area (Å²) < 4.78 is 0. The van der Waals surface area contributed by atoms with E-state index in [0.717, 1.165) is 0 Å². The molecule has 1 aromatic rings. The Balaban J connectivity index is 2.35. The maximum Gasteiger partial charge on any atom is 0.1000 e. The van der Waals surface area contributed by atoms with E-state index in [1.807, 2.05) is 6.20 Å². The van der Waals surface area contributed by atoms with Gasteiger partial charge in [-0.2, -0.15) is 0 Å². The van der Waals surface area contributed by atoms with Crippen molar-refractivity contribution in [1.29, 1.82) is 0 Å². The lowest BCUT2D eigenvalue weighted by molar-refractivity contribution is 0.683. The predicted molar refractivity (Wildman–Crippen MR) is 55.4 cm³/mol. The topological polar surface area (TPSA) is 15.3 Å². The van der Waals surface area contributed by atoms with E-state index in [1.165, 1.54) is 11.3 Å². The van der Waals surface area contributed by atoms with E-state index in [9.17, 15) is 0 Å². The van der Waals surface area contributed by atoms with Gasteiger partial charge >= 0.3 is 0 Å². The van der Waals surface area contributed by atoms with Crippen molar-refractivity contribution in [2.75, 3.05) is 4.90 Å². The van der Waals surface area contributed by atoms with Crippen LogP contribution in [0.3, 0.4) is 0 Å². The molecule has 0 aliphatic carbocycles. The number of nitrogens with one attached hydrogen (secondary N) is 1. The van der Waals surface area contributed by atoms with E-state index < -0.39 is 0 Å². The quantitative estimate of drug-likeness (QED) is 0.702. The van der Waals surface area contributed by atoms with E-state index in [0.29, 0.717) is 6.17 Å². The highest BCUT2D eigenvalue weighted by Gasteiger charge is 2.15. The Morgan fingerprint density at radius 3 is 2.69 bits per heavy atom. The second-order valence-corrected chi connectivity index (χ2v) is 3.35. The summed E-state index contributed by atoms with van der Waals surface area (Å²) >= 11 is 0. The average molecular weight is 174 g/mol. The number of para-hydroxylation sites is 1. The summed E-state index contributed by atoms with van der Waals surface area (Å²) in [6.45, 7) is 4.28. The molecule has 1 aliphatic rings. The van der Waals surface area contributed by atoms with Crippen LogP contribution in [-0.2, 0) is 0 Å². The summed E-state index contributed by atoms with van der Waals surface area (Å²) in [6.07, 6.45) is 4.42. The van der Waals surface area contributed by atoms with Crippen LogP contribution < -0.4 is 10.2 Å². The van der Waals surface area contributed by atoms with Gasteiger partial charge in [-0.15, -0.1) is 0 Å². The highest BCUT2D eigenvalue weighted by atomic mass is 15.3. The van der Waals surface area contributed by atoms with Gasteiger partial charge < -0.3 is 10.2 Å². The molecule has 2 heteroatoms. The summed E-state index contributed by atoms with van der Waals surface area (Å²) in [5.41, 5.74) is 2.58. The number of anilines is 1. The highest BCUT2D eigenvalue weighted by molar-refractivity contribution is 5.56. The third-order valence-electron chi connectivity index (χ3n) is 2.38. The van der Waals surface area contributed by atoms with Crippen LogP contribution >= 0.6 is 0 Å². The van der Waals surface area contributed by atoms with E-state index in [1.54, 1.807) is 0 Å². The molecule has 13 heavy (non-hydrogen) atoms. The molecule has 1 aliphatic heterocycles. The molecule has 2 nitrogen and oxygen atoms in total. The highest BCUT2D eigenvalue weighted by Crippen LogP contribution is 2.22. The van der Waals surface area contributed by atoms with Crippen molar-refractivity contribution in [3.63, 3.8) is 0 Å². The zero-order chi connectivity index (χ0) is 9.26. The number of aryl methyl sites for hydroxylation is 1. The normalized spacial score (nSPS) is 20.5. The van der Waals surface area contributed by atoms with Gasteiger partial charge in [0, 0.05) is 18.1 Å². The molecule has 0 spiro atoms. The Labute approximate surface area is 78.9 Å². The van der Waals surface area contributed by atoms with Gasteiger partial charge in [0.25, 0.3) is 0 Å². The molecule has 68 valence electrons. The lowest BCUT2D eigenvalue weighted by atomic mass is 10.2. The van der Waals surface area contributed by atoms with Gasteiger partial charge in [0.05, 0.1) is 6.17 Å². The van der Waals surface area contributed by atoms with Crippen LogP contribution in [0.2, 0.25) is 0 Å². The average Bonchev–Trinajstić information content (AvgIpc) is 2.52. The molecule has 0 fully saturated rings. The number of nitrogens with zero attached hydrogens (tertiary/aromatic N) is 1. The van der Waals surface area contributed by atoms with Crippen LogP contribution in [0, 0.1) is 6.92 Å². The van der Waals surface area contributed by atoms with Crippen LogP contribution in [0.15, 0.2) is 36.7 Å². The van der Waals surface area contributed by atoms with Crippen molar-refractivity contribution in [3.8, 4) is 0 Å². The van der Waals surface area contributed by atoms with E-state index >= 15 is 0 Å². The molecule has 0 radical (unpaired) electrons. The fourth-order valence-corrected chi connectivity index (χ4v) is 1.61. The van der Waals surface area contributed by atoms with Gasteiger partial charge in [0.2, 0.25) is 0 Å². The SMILES string of the molecule is Cc1ccccc1N1C=CNC1C. The number of benzene rings is 1. The fourth-order valence-electron chi connectivity index (χ4n) is 1.61. The zero-order valence-corrected chi connectivity index (χ0v) is 7.99. The molecule has 1 atom stereocenters. The number of hydrogen-bond acceptors (Lipinski definition) is 2. The molecule has 0 aromatic heterocycles. The van der Waals surface area contributed by atoms with Gasteiger partial charge in [-0.25, -0.2) is 0 Å². The van der Waals surface area contributed by atoms with Crippen LogP contribution in [0.25, 0.3) is 0 Å². The summed E-state index contributed by atoms with van der Waals surface area (Å²) in [6, 6.07) is 8.41. The molecule has 0 bridgehead atoms. The van der Waals surface area contributed by atoms with Gasteiger partial charge in [-0.05, 0) is 25.5 Å². The molecule has 0 saturated carbocycles. The first-order chi connectivity index (χ1) is 6.29. The second kappa shape index (κ2) is 3.13. The zero-order valence-electron chi connectivity index (χ0n) is 7.99. The Morgan fingerprint density at radius 2 is 2.08 bits per heavy atom. The van der Waals surface area contributed by atoms with Crippen LogP contribution in [-0.4, -0.2) is 6.17 Å². The largest absolute Gasteiger partial charge is 0.370 e. The van der Waals surface area contributed by atoms with Crippen molar-refractivity contribution >= 4 is 5.69 Å². The Kier molecular flexibility index (Phi) is 1.97. The molecule has 2 rings (SSSR count). The summed E-state index contributed by atoms with van der Waals surface area (Å²) in [5, 5.41) is 3.24. The second-order valence-electron chi connectivity index (χ2n) is 3.35. The van der Waals surface area contributed by atoms with E-state index in [4.69, 9.17) is 0 Å². The molecule has 1 aromatic carbocycles. The van der Waals surface area contributed by atoms with Crippen LogP contribution in [0.5, 0.6) is 0 Å². The lowest BCUT2D eigenvalue weighted by Crippen LogP contribution is -2.32. The first kappa shape index (κ1) is 8.17. The van der Waals surface area contributed by atoms with Gasteiger partial charge in [0.1, 0.15) is 0 Å². The van der Waals surface area contributed by atoms with Crippen molar-refractivity contribution in [2.45, 2.75) is 20.0 Å². The molecular formula is C11H14N2. The minimum absolute atomic E-state index is 0.362. The fraction of sp³-hybridized carbons (Fsp3) is 0.273. The van der Waals surface area contributed by atoms with Crippen LogP contribution in [0.1, 0.15) is 12.5 Å². The Morgan fingerprint density at radius 1 is 1.31 bits per heavy atom. The van der Waals surface area contributed by atoms with Crippen molar-refractivity contribution in [1.82, 2.24) is 5.32 Å². The molecular weight excluding hydrogens is 160 g/mol. The first-order valence-electron chi connectivity index (χ1n) is 4.56. The third kappa shape index (κ3) is 1.39. The number of rotatable bonds is 1. The minimum Gasteiger partial charge on any atom is -0.370 e. The van der Waals surface area contributed by atoms with Gasteiger partial charge in [-0.1, -0.05) is 18.2 Å². The minimum atomic E-state index is 0.362. The third-order valence-corrected chi connectivity index (χ3v) is 2.38. The maximum absolute atomic E-state index is 3.24. The standard InChI is InChI=1S/C11H14N2/c1-9-5-3-4-6-11(9)13-8-7-12-10(13)2/h3-8,10,12H,1-2H3. The summed E-state index contributed by atoms with van der Waals surface area (Å²) in [5.74, 6) is 0. The predicted octanol–water partition coefficient (Wildman–Crippen LogP) is 2.22. The smallest absolute Gasteiger partial charge is 0.1000 e. The van der Waals surface area contributed by atoms with Crippen molar-refractivity contribution in [3.05, 3.63) is 42.2 Å². The molecule has 0 amide bonds. The molecule has 1 N–H and O–H groups in total. The van der Waals surface area contributed by atoms with E-state index in [2.05, 4.69) is 54.5 Å². The lowest BCUT2D eigenvalue weighted by Gasteiger charge is -2.23. The first-order valence-corrected chi connectivity index (χ1v) is 4.56. The van der Waals surface area contributed by atoms with Crippen LogP contribution in [0.4, 0.5) is 5.69 Å². The Bertz CT molecular complexity index is 331. The summed E-state index contributed by atoms with van der Waals surface area (Å²) in [7, 11) is 0. The molecule has 1 heterocycles. The number of hydrogen-bond donors (Lipinski definition) is 1. The monoisotopic (exact) mass is 174 g/mol. The van der Waals surface area contributed by atoms with Crippen molar-refractivity contribution < 1.29 is 0 Å². The van der Waals surface area contributed by atoms with E-state index in [-0.39, 0.29) is 0 Å². The van der Waals surface area contributed by atoms with Gasteiger partial charge in [-0.3, -0.25) is 0 Å². The van der Waals surface area contributed by atoms with Crippen molar-refractivity contribution in [2.24, 2.45) is 0 Å². The molecule has 0 saturated heterocycles. The Hall–Kier alpha value is -1.44. The maximum atomic E-state index is 3.24. The van der Waals surface area contributed by atoms with Gasteiger partial charge in [0.15, 0.2) is 0 Å². The summed E-state index contributed by atoms with van der Waals surface area (Å²) in [4.78, 5) is 2.23. The molecule has 1 unspecified atom stereocenters.